The number of likely N-dealkylation sites (tertiary alicyclic amines) is 1. The van der Waals surface area contributed by atoms with Crippen molar-refractivity contribution in [3.8, 4) is 0 Å². The lowest BCUT2D eigenvalue weighted by Crippen LogP contribution is -2.47. The molecule has 0 aromatic heterocycles. The normalized spacial score (nSPS) is 30.7. The highest BCUT2D eigenvalue weighted by molar-refractivity contribution is 5.67. The van der Waals surface area contributed by atoms with Gasteiger partial charge in [-0.2, -0.15) is 0 Å². The SMILES string of the molecule is CCCCCCCCCCOC[C@@]12O[C@@H](CN3CCCCCC3)[C@@H](OC(=O)NC)[C@@H]1OC(C)(C)O2. The molecule has 0 spiro atoms. The zero-order valence-corrected chi connectivity index (χ0v) is 22.6. The maximum atomic E-state index is 12.2. The Morgan fingerprint density at radius 1 is 0.971 bits per heavy atom. The Morgan fingerprint density at radius 2 is 1.63 bits per heavy atom. The number of rotatable bonds is 14. The molecule has 0 bridgehead atoms. The van der Waals surface area contributed by atoms with E-state index in [0.29, 0.717) is 13.2 Å². The molecule has 3 rings (SSSR count). The zero-order valence-electron chi connectivity index (χ0n) is 22.6. The van der Waals surface area contributed by atoms with E-state index >= 15 is 0 Å². The van der Waals surface area contributed by atoms with E-state index in [2.05, 4.69) is 17.1 Å². The van der Waals surface area contributed by atoms with E-state index in [-0.39, 0.29) is 12.7 Å². The number of ether oxygens (including phenoxy) is 5. The molecule has 3 aliphatic heterocycles. The van der Waals surface area contributed by atoms with Gasteiger partial charge in [0.05, 0.1) is 0 Å². The number of hydrogen-bond acceptors (Lipinski definition) is 7. The number of fused-ring (bicyclic) bond motifs is 1. The van der Waals surface area contributed by atoms with Crippen molar-refractivity contribution in [2.45, 2.75) is 128 Å². The topological polar surface area (TPSA) is 78.5 Å². The average molecular weight is 499 g/mol. The third-order valence-electron chi connectivity index (χ3n) is 7.31. The molecule has 35 heavy (non-hydrogen) atoms. The van der Waals surface area contributed by atoms with Crippen LogP contribution >= 0.6 is 0 Å². The van der Waals surface area contributed by atoms with Crippen molar-refractivity contribution in [3.05, 3.63) is 0 Å². The number of hydrogen-bond donors (Lipinski definition) is 1. The van der Waals surface area contributed by atoms with Gasteiger partial charge in [0.25, 0.3) is 0 Å². The number of carbonyl (C=O) groups is 1. The summed E-state index contributed by atoms with van der Waals surface area (Å²) in [5.74, 6) is -1.91. The summed E-state index contributed by atoms with van der Waals surface area (Å²) in [5, 5.41) is 2.57. The smallest absolute Gasteiger partial charge is 0.407 e. The Bertz CT molecular complexity index is 625. The Labute approximate surface area is 212 Å². The lowest BCUT2D eigenvalue weighted by molar-refractivity contribution is -0.279. The molecule has 8 heteroatoms. The molecule has 3 fully saturated rings. The molecular weight excluding hydrogens is 448 g/mol. The van der Waals surface area contributed by atoms with Crippen LogP contribution in [0.2, 0.25) is 0 Å². The lowest BCUT2D eigenvalue weighted by Gasteiger charge is -2.31. The number of amides is 1. The second-order valence-electron chi connectivity index (χ2n) is 10.9. The Morgan fingerprint density at radius 3 is 2.29 bits per heavy atom. The van der Waals surface area contributed by atoms with Crippen LogP contribution < -0.4 is 5.32 Å². The standard InChI is InChI=1S/C27H50N2O6/c1-5-6-7-8-9-10-13-16-19-31-21-27-24(34-26(2,3)35-27)23(32-25(30)28-4)22(33-27)20-29-17-14-11-12-15-18-29/h22-24H,5-21H2,1-4H3,(H,28,30)/t22-,23+,24-,27-/m0/s1. The summed E-state index contributed by atoms with van der Waals surface area (Å²) >= 11 is 0. The van der Waals surface area contributed by atoms with Crippen molar-refractivity contribution in [1.82, 2.24) is 10.2 Å². The molecule has 0 aromatic rings. The number of nitrogens with one attached hydrogen (secondary N) is 1. The van der Waals surface area contributed by atoms with Gasteiger partial charge in [0.15, 0.2) is 18.0 Å². The van der Waals surface area contributed by atoms with Crippen LogP contribution in [0.15, 0.2) is 0 Å². The minimum Gasteiger partial charge on any atom is -0.440 e. The molecule has 3 saturated heterocycles. The van der Waals surface area contributed by atoms with E-state index in [4.69, 9.17) is 23.7 Å². The fraction of sp³-hybridized carbons (Fsp3) is 0.963. The van der Waals surface area contributed by atoms with Crippen LogP contribution in [0.1, 0.15) is 97.8 Å². The molecule has 204 valence electrons. The van der Waals surface area contributed by atoms with Gasteiger partial charge < -0.3 is 33.9 Å². The van der Waals surface area contributed by atoms with Crippen LogP contribution in [0.4, 0.5) is 4.79 Å². The summed E-state index contributed by atoms with van der Waals surface area (Å²) in [6.07, 6.45) is 13.0. The molecule has 0 saturated carbocycles. The summed E-state index contributed by atoms with van der Waals surface area (Å²) in [7, 11) is 1.57. The van der Waals surface area contributed by atoms with E-state index in [0.717, 1.165) is 19.5 Å². The van der Waals surface area contributed by atoms with Gasteiger partial charge in [-0.1, -0.05) is 64.7 Å². The second-order valence-corrected chi connectivity index (χ2v) is 10.9. The fourth-order valence-electron chi connectivity index (χ4n) is 5.55. The van der Waals surface area contributed by atoms with Gasteiger partial charge in [-0.3, -0.25) is 0 Å². The van der Waals surface area contributed by atoms with Crippen LogP contribution in [-0.4, -0.2) is 80.8 Å². The molecule has 1 amide bonds. The van der Waals surface area contributed by atoms with Gasteiger partial charge in [-0.15, -0.1) is 0 Å². The maximum absolute atomic E-state index is 12.2. The summed E-state index contributed by atoms with van der Waals surface area (Å²) in [6, 6.07) is 0. The van der Waals surface area contributed by atoms with Gasteiger partial charge in [0.2, 0.25) is 5.79 Å². The molecule has 0 unspecified atom stereocenters. The molecule has 3 heterocycles. The number of unbranched alkanes of at least 4 members (excludes halogenated alkanes) is 7. The van der Waals surface area contributed by atoms with Gasteiger partial charge in [-0.25, -0.2) is 4.79 Å². The van der Waals surface area contributed by atoms with Gasteiger partial charge >= 0.3 is 6.09 Å². The van der Waals surface area contributed by atoms with E-state index in [1.807, 2.05) is 13.8 Å². The molecule has 0 aromatic carbocycles. The minimum absolute atomic E-state index is 0.266. The Hall–Kier alpha value is -0.930. The first-order chi connectivity index (χ1) is 16.9. The third kappa shape index (κ3) is 8.56. The van der Waals surface area contributed by atoms with Gasteiger partial charge in [0.1, 0.15) is 12.7 Å². The monoisotopic (exact) mass is 498 g/mol. The lowest BCUT2D eigenvalue weighted by atomic mass is 10.0. The van der Waals surface area contributed by atoms with E-state index in [1.54, 1.807) is 7.05 Å². The minimum atomic E-state index is -1.07. The quantitative estimate of drug-likeness (QED) is 0.338. The van der Waals surface area contributed by atoms with Gasteiger partial charge in [-0.05, 0) is 46.2 Å². The first-order valence-electron chi connectivity index (χ1n) is 14.1. The highest BCUT2D eigenvalue weighted by atomic mass is 16.9. The number of carbonyl (C=O) groups excluding carboxylic acids is 1. The highest BCUT2D eigenvalue weighted by Gasteiger charge is 2.66. The first kappa shape index (κ1) is 28.6. The molecular formula is C27H50N2O6. The van der Waals surface area contributed by atoms with Crippen LogP contribution in [-0.2, 0) is 23.7 Å². The molecule has 3 aliphatic rings. The van der Waals surface area contributed by atoms with Crippen LogP contribution in [0.25, 0.3) is 0 Å². The largest absolute Gasteiger partial charge is 0.440 e. The molecule has 4 atom stereocenters. The van der Waals surface area contributed by atoms with Crippen molar-refractivity contribution >= 4 is 6.09 Å². The highest BCUT2D eigenvalue weighted by Crippen LogP contribution is 2.47. The summed E-state index contributed by atoms with van der Waals surface area (Å²) in [5.41, 5.74) is 0. The number of alkyl carbamates (subject to hydrolysis) is 1. The second kappa shape index (κ2) is 14.1. The summed E-state index contributed by atoms with van der Waals surface area (Å²) < 4.78 is 31.1. The van der Waals surface area contributed by atoms with Crippen LogP contribution in [0.3, 0.4) is 0 Å². The van der Waals surface area contributed by atoms with Gasteiger partial charge in [0, 0.05) is 20.2 Å². The van der Waals surface area contributed by atoms with Crippen molar-refractivity contribution in [2.24, 2.45) is 0 Å². The van der Waals surface area contributed by atoms with Crippen molar-refractivity contribution < 1.29 is 28.5 Å². The molecule has 0 aliphatic carbocycles. The zero-order chi connectivity index (χ0) is 25.2. The predicted molar refractivity (Wildman–Crippen MR) is 135 cm³/mol. The van der Waals surface area contributed by atoms with E-state index in [9.17, 15) is 4.79 Å². The van der Waals surface area contributed by atoms with Crippen molar-refractivity contribution in [3.63, 3.8) is 0 Å². The fourth-order valence-corrected chi connectivity index (χ4v) is 5.55. The Kier molecular flexibility index (Phi) is 11.6. The first-order valence-corrected chi connectivity index (χ1v) is 14.1. The maximum Gasteiger partial charge on any atom is 0.407 e. The molecule has 8 nitrogen and oxygen atoms in total. The molecule has 1 N–H and O–H groups in total. The average Bonchev–Trinajstić information content (AvgIpc) is 3.07. The van der Waals surface area contributed by atoms with Crippen molar-refractivity contribution in [2.75, 3.05) is 39.9 Å². The predicted octanol–water partition coefficient (Wildman–Crippen LogP) is 4.99. The third-order valence-corrected chi connectivity index (χ3v) is 7.31. The summed E-state index contributed by atoms with van der Waals surface area (Å²) in [4.78, 5) is 14.6. The van der Waals surface area contributed by atoms with Crippen LogP contribution in [0, 0.1) is 0 Å². The van der Waals surface area contributed by atoms with Crippen molar-refractivity contribution in [1.29, 1.82) is 0 Å². The van der Waals surface area contributed by atoms with E-state index in [1.165, 1.54) is 70.6 Å². The molecule has 0 radical (unpaired) electrons. The Balaban J connectivity index is 1.56. The summed E-state index contributed by atoms with van der Waals surface area (Å²) in [6.45, 7) is 9.67. The van der Waals surface area contributed by atoms with E-state index < -0.39 is 29.9 Å². The van der Waals surface area contributed by atoms with Crippen LogP contribution in [0.5, 0.6) is 0 Å². The number of nitrogens with zero attached hydrogens (tertiary/aromatic N) is 1.